The van der Waals surface area contributed by atoms with E-state index in [4.69, 9.17) is 4.74 Å². The monoisotopic (exact) mass is 371 g/mol. The fourth-order valence-electron chi connectivity index (χ4n) is 2.95. The molecule has 2 aromatic heterocycles. The van der Waals surface area contributed by atoms with Gasteiger partial charge in [-0.3, -0.25) is 4.21 Å². The molecule has 1 unspecified atom stereocenters. The lowest BCUT2D eigenvalue weighted by Crippen LogP contribution is -2.24. The van der Waals surface area contributed by atoms with Crippen LogP contribution in [-0.4, -0.2) is 43.0 Å². The molecular formula is C19H21N3O3S. The van der Waals surface area contributed by atoms with Crippen LogP contribution in [0, 0.1) is 0 Å². The molecule has 2 atom stereocenters. The lowest BCUT2D eigenvalue weighted by atomic mass is 9.96. The minimum atomic E-state index is -1.01. The highest BCUT2D eigenvalue weighted by molar-refractivity contribution is 7.84. The Labute approximate surface area is 154 Å². The normalized spacial score (nSPS) is 17.2. The number of pyridine rings is 1. The average Bonchev–Trinajstić information content (AvgIpc) is 3.03. The lowest BCUT2D eigenvalue weighted by Gasteiger charge is -2.26. The van der Waals surface area contributed by atoms with Gasteiger partial charge in [0.05, 0.1) is 24.6 Å². The Hall–Kier alpha value is -2.09. The van der Waals surface area contributed by atoms with Crippen LogP contribution in [-0.2, 0) is 15.5 Å². The first-order valence-electron chi connectivity index (χ1n) is 8.69. The van der Waals surface area contributed by atoms with Crippen molar-refractivity contribution in [3.05, 3.63) is 48.3 Å². The van der Waals surface area contributed by atoms with E-state index in [0.29, 0.717) is 18.4 Å². The highest BCUT2D eigenvalue weighted by atomic mass is 32.2. The molecule has 1 aliphatic rings. The molecule has 0 aliphatic heterocycles. The number of hydrogen-bond acceptors (Lipinski definition) is 5. The molecule has 4 rings (SSSR count). The predicted octanol–water partition coefficient (Wildman–Crippen LogP) is 2.76. The Morgan fingerprint density at radius 3 is 2.73 bits per heavy atom. The molecule has 1 aliphatic carbocycles. The summed E-state index contributed by atoms with van der Waals surface area (Å²) in [6.45, 7) is 0.293. The van der Waals surface area contributed by atoms with Crippen molar-refractivity contribution < 1.29 is 14.1 Å². The van der Waals surface area contributed by atoms with E-state index < -0.39 is 16.9 Å². The molecule has 2 heterocycles. The van der Waals surface area contributed by atoms with Crippen molar-refractivity contribution in [3.8, 4) is 5.69 Å². The Morgan fingerprint density at radius 2 is 2.08 bits per heavy atom. The van der Waals surface area contributed by atoms with Crippen molar-refractivity contribution in [1.82, 2.24) is 14.8 Å². The van der Waals surface area contributed by atoms with E-state index in [2.05, 4.69) is 10.1 Å². The average molecular weight is 371 g/mol. The molecule has 1 aromatic carbocycles. The second kappa shape index (κ2) is 7.26. The first-order valence-corrected chi connectivity index (χ1v) is 10.2. The van der Waals surface area contributed by atoms with Gasteiger partial charge in [0.25, 0.3) is 0 Å². The highest BCUT2D eigenvalue weighted by Gasteiger charge is 2.20. The molecule has 1 saturated carbocycles. The SMILES string of the molecule is CS(=O)c1ccc(-n2ncc3cc([C@@H](O)COC4CCC4)cnc32)cc1. The second-order valence-corrected chi connectivity index (χ2v) is 7.97. The largest absolute Gasteiger partial charge is 0.386 e. The van der Waals surface area contributed by atoms with E-state index in [0.717, 1.165) is 34.4 Å². The molecule has 0 radical (unpaired) electrons. The van der Waals surface area contributed by atoms with Crippen LogP contribution in [0.3, 0.4) is 0 Å². The fraction of sp³-hybridized carbons (Fsp3) is 0.368. The van der Waals surface area contributed by atoms with Gasteiger partial charge in [-0.05, 0) is 49.6 Å². The zero-order chi connectivity index (χ0) is 18.1. The number of aromatic nitrogens is 3. The van der Waals surface area contributed by atoms with Gasteiger partial charge in [0.15, 0.2) is 5.65 Å². The number of hydrogen-bond donors (Lipinski definition) is 1. The van der Waals surface area contributed by atoms with Gasteiger partial charge in [0.1, 0.15) is 6.10 Å². The van der Waals surface area contributed by atoms with E-state index in [1.807, 2.05) is 30.3 Å². The number of aliphatic hydroxyl groups excluding tert-OH is 1. The maximum Gasteiger partial charge on any atom is 0.162 e. The summed E-state index contributed by atoms with van der Waals surface area (Å²) in [5.41, 5.74) is 2.29. The van der Waals surface area contributed by atoms with Crippen molar-refractivity contribution in [2.45, 2.75) is 36.4 Å². The van der Waals surface area contributed by atoms with Crippen LogP contribution in [0.2, 0.25) is 0 Å². The van der Waals surface area contributed by atoms with Gasteiger partial charge in [0.2, 0.25) is 0 Å². The Morgan fingerprint density at radius 1 is 1.31 bits per heavy atom. The first kappa shape index (κ1) is 17.3. The van der Waals surface area contributed by atoms with Gasteiger partial charge < -0.3 is 9.84 Å². The van der Waals surface area contributed by atoms with E-state index in [9.17, 15) is 9.32 Å². The summed E-state index contributed by atoms with van der Waals surface area (Å²) in [4.78, 5) is 5.26. The smallest absolute Gasteiger partial charge is 0.162 e. The van der Waals surface area contributed by atoms with Crippen molar-refractivity contribution in [1.29, 1.82) is 0 Å². The summed E-state index contributed by atoms with van der Waals surface area (Å²) in [5, 5.41) is 15.6. The molecule has 0 amide bonds. The Kier molecular flexibility index (Phi) is 4.84. The Balaban J connectivity index is 1.55. The van der Waals surface area contributed by atoms with Crippen molar-refractivity contribution in [2.75, 3.05) is 12.9 Å². The molecule has 0 bridgehead atoms. The maximum atomic E-state index is 11.5. The van der Waals surface area contributed by atoms with Gasteiger partial charge in [-0.2, -0.15) is 5.10 Å². The van der Waals surface area contributed by atoms with Crippen LogP contribution in [0.1, 0.15) is 30.9 Å². The van der Waals surface area contributed by atoms with Crippen LogP contribution in [0.5, 0.6) is 0 Å². The van der Waals surface area contributed by atoms with Gasteiger partial charge >= 0.3 is 0 Å². The maximum absolute atomic E-state index is 11.5. The molecule has 1 fully saturated rings. The van der Waals surface area contributed by atoms with Crippen LogP contribution >= 0.6 is 0 Å². The number of nitrogens with zero attached hydrogens (tertiary/aromatic N) is 3. The third kappa shape index (κ3) is 3.42. The summed E-state index contributed by atoms with van der Waals surface area (Å²) in [6.07, 6.45) is 8.05. The minimum Gasteiger partial charge on any atom is -0.386 e. The summed E-state index contributed by atoms with van der Waals surface area (Å²) in [6, 6.07) is 9.31. The summed E-state index contributed by atoms with van der Waals surface area (Å²) < 4.78 is 18.9. The van der Waals surface area contributed by atoms with Crippen LogP contribution in [0.4, 0.5) is 0 Å². The zero-order valence-corrected chi connectivity index (χ0v) is 15.4. The van der Waals surface area contributed by atoms with Crippen molar-refractivity contribution >= 4 is 21.8 Å². The number of aliphatic hydroxyl groups is 1. The van der Waals surface area contributed by atoms with Gasteiger partial charge in [-0.1, -0.05) is 0 Å². The van der Waals surface area contributed by atoms with E-state index in [-0.39, 0.29) is 0 Å². The topological polar surface area (TPSA) is 77.2 Å². The van der Waals surface area contributed by atoms with Crippen LogP contribution in [0.15, 0.2) is 47.6 Å². The first-order chi connectivity index (χ1) is 12.6. The summed E-state index contributed by atoms with van der Waals surface area (Å²) in [7, 11) is -1.01. The minimum absolute atomic E-state index is 0.293. The zero-order valence-electron chi connectivity index (χ0n) is 14.5. The van der Waals surface area contributed by atoms with E-state index in [1.165, 1.54) is 6.42 Å². The van der Waals surface area contributed by atoms with Crippen molar-refractivity contribution in [2.24, 2.45) is 0 Å². The third-order valence-corrected chi connectivity index (χ3v) is 5.71. The van der Waals surface area contributed by atoms with E-state index in [1.54, 1.807) is 23.3 Å². The Bertz CT molecular complexity index is 935. The molecule has 6 nitrogen and oxygen atoms in total. The summed E-state index contributed by atoms with van der Waals surface area (Å²) in [5.74, 6) is 0. The van der Waals surface area contributed by atoms with Gasteiger partial charge in [-0.15, -0.1) is 0 Å². The molecule has 1 N–H and O–H groups in total. The third-order valence-electron chi connectivity index (χ3n) is 4.77. The van der Waals surface area contributed by atoms with Gasteiger partial charge in [0, 0.05) is 39.1 Å². The predicted molar refractivity (Wildman–Crippen MR) is 99.7 cm³/mol. The van der Waals surface area contributed by atoms with Crippen LogP contribution < -0.4 is 0 Å². The standard InChI is InChI=1S/C19H21N3O3S/c1-26(24)17-7-5-15(6-8-17)22-19-14(11-21-22)9-13(10-20-19)18(23)12-25-16-3-2-4-16/h5-11,16,18,23H,2-4,12H2,1H3/t18-,26?/m0/s1. The molecule has 0 saturated heterocycles. The molecule has 0 spiro atoms. The van der Waals surface area contributed by atoms with Gasteiger partial charge in [-0.25, -0.2) is 9.67 Å². The number of rotatable bonds is 6. The van der Waals surface area contributed by atoms with Crippen LogP contribution in [0.25, 0.3) is 16.7 Å². The fourth-order valence-corrected chi connectivity index (χ4v) is 3.47. The highest BCUT2D eigenvalue weighted by Crippen LogP contribution is 2.25. The number of fused-ring (bicyclic) bond motifs is 1. The van der Waals surface area contributed by atoms with Crippen molar-refractivity contribution in [3.63, 3.8) is 0 Å². The molecular weight excluding hydrogens is 350 g/mol. The molecule has 136 valence electrons. The second-order valence-electron chi connectivity index (χ2n) is 6.59. The molecule has 26 heavy (non-hydrogen) atoms. The number of ether oxygens (including phenoxy) is 1. The summed E-state index contributed by atoms with van der Waals surface area (Å²) >= 11 is 0. The molecule has 3 aromatic rings. The quantitative estimate of drug-likeness (QED) is 0.721. The number of benzene rings is 1. The lowest BCUT2D eigenvalue weighted by molar-refractivity contribution is -0.0427. The molecule has 7 heteroatoms. The van der Waals surface area contributed by atoms with E-state index >= 15 is 0 Å².